The van der Waals surface area contributed by atoms with Gasteiger partial charge in [-0.2, -0.15) is 0 Å². The van der Waals surface area contributed by atoms with Crippen molar-refractivity contribution in [1.29, 1.82) is 0 Å². The molecule has 1 aromatic rings. The first-order chi connectivity index (χ1) is 6.31. The highest BCUT2D eigenvalue weighted by molar-refractivity contribution is 5.73. The van der Waals surface area contributed by atoms with E-state index in [-0.39, 0.29) is 11.1 Å². The van der Waals surface area contributed by atoms with Crippen LogP contribution in [-0.2, 0) is 6.54 Å². The van der Waals surface area contributed by atoms with Crippen LogP contribution in [0.3, 0.4) is 0 Å². The van der Waals surface area contributed by atoms with Crippen molar-refractivity contribution in [2.24, 2.45) is 5.92 Å². The molecule has 1 aromatic heterocycles. The van der Waals surface area contributed by atoms with E-state index in [1.54, 1.807) is 22.9 Å². The summed E-state index contributed by atoms with van der Waals surface area (Å²) in [6.45, 7) is 0.764. The molecule has 3 heteroatoms. The van der Waals surface area contributed by atoms with Crippen LogP contribution in [0.25, 0.3) is 0 Å². The number of rotatable bonds is 3. The summed E-state index contributed by atoms with van der Waals surface area (Å²) >= 11 is 0. The van der Waals surface area contributed by atoms with Crippen molar-refractivity contribution in [2.75, 3.05) is 0 Å². The first kappa shape index (κ1) is 8.23. The molecule has 0 aliphatic heterocycles. The molecule has 1 fully saturated rings. The summed E-state index contributed by atoms with van der Waals surface area (Å²) < 4.78 is 1.63. The van der Waals surface area contributed by atoms with Crippen molar-refractivity contribution in [3.05, 3.63) is 34.2 Å². The van der Waals surface area contributed by atoms with Gasteiger partial charge in [-0.15, -0.1) is 0 Å². The summed E-state index contributed by atoms with van der Waals surface area (Å²) in [4.78, 5) is 22.0. The van der Waals surface area contributed by atoms with E-state index in [1.165, 1.54) is 12.8 Å². The minimum absolute atomic E-state index is 0.163. The standard InChI is InChI=1S/C10H11NO2/c12-7-9-2-1-5-11(10(9)13)6-8-3-4-8/h1-2,5,7-8H,3-4,6H2. The molecule has 0 radical (unpaired) electrons. The molecule has 1 aliphatic rings. The van der Waals surface area contributed by atoms with Gasteiger partial charge in [-0.05, 0) is 30.9 Å². The Hall–Kier alpha value is -1.38. The van der Waals surface area contributed by atoms with Crippen molar-refractivity contribution in [1.82, 2.24) is 4.57 Å². The van der Waals surface area contributed by atoms with Gasteiger partial charge in [0.05, 0.1) is 5.56 Å². The normalized spacial score (nSPS) is 15.7. The topological polar surface area (TPSA) is 39.1 Å². The van der Waals surface area contributed by atoms with Crippen molar-refractivity contribution in [2.45, 2.75) is 19.4 Å². The summed E-state index contributed by atoms with van der Waals surface area (Å²) in [5, 5.41) is 0. The lowest BCUT2D eigenvalue weighted by Gasteiger charge is -2.03. The fraction of sp³-hybridized carbons (Fsp3) is 0.400. The van der Waals surface area contributed by atoms with Crippen LogP contribution in [-0.4, -0.2) is 10.9 Å². The molecular weight excluding hydrogens is 166 g/mol. The number of hydrogen-bond acceptors (Lipinski definition) is 2. The van der Waals surface area contributed by atoms with E-state index in [1.807, 2.05) is 0 Å². The molecule has 0 bridgehead atoms. The largest absolute Gasteiger partial charge is 0.315 e. The first-order valence-electron chi connectivity index (χ1n) is 4.46. The fourth-order valence-corrected chi connectivity index (χ4v) is 1.37. The number of hydrogen-bond donors (Lipinski definition) is 0. The van der Waals surface area contributed by atoms with Gasteiger partial charge in [0, 0.05) is 12.7 Å². The predicted molar refractivity (Wildman–Crippen MR) is 48.8 cm³/mol. The van der Waals surface area contributed by atoms with Gasteiger partial charge in [0.2, 0.25) is 0 Å². The smallest absolute Gasteiger partial charge is 0.261 e. The Morgan fingerprint density at radius 1 is 1.54 bits per heavy atom. The lowest BCUT2D eigenvalue weighted by molar-refractivity contribution is 0.112. The molecule has 2 rings (SSSR count). The average molecular weight is 177 g/mol. The van der Waals surface area contributed by atoms with Crippen LogP contribution in [0.5, 0.6) is 0 Å². The molecule has 0 saturated heterocycles. The van der Waals surface area contributed by atoms with E-state index < -0.39 is 0 Å². The molecule has 0 amide bonds. The first-order valence-corrected chi connectivity index (χ1v) is 4.46. The van der Waals surface area contributed by atoms with Gasteiger partial charge in [-0.25, -0.2) is 0 Å². The minimum atomic E-state index is -0.163. The zero-order valence-electron chi connectivity index (χ0n) is 7.27. The highest BCUT2D eigenvalue weighted by Crippen LogP contribution is 2.29. The third-order valence-corrected chi connectivity index (χ3v) is 2.33. The minimum Gasteiger partial charge on any atom is -0.315 e. The van der Waals surface area contributed by atoms with Gasteiger partial charge in [-0.1, -0.05) is 0 Å². The zero-order chi connectivity index (χ0) is 9.26. The molecule has 0 N–H and O–H groups in total. The van der Waals surface area contributed by atoms with Crippen LogP contribution in [0.1, 0.15) is 23.2 Å². The molecule has 3 nitrogen and oxygen atoms in total. The summed E-state index contributed by atoms with van der Waals surface area (Å²) in [5.74, 6) is 0.652. The quantitative estimate of drug-likeness (QED) is 0.648. The van der Waals surface area contributed by atoms with Gasteiger partial charge in [0.15, 0.2) is 6.29 Å². The van der Waals surface area contributed by atoms with Crippen molar-refractivity contribution in [3.63, 3.8) is 0 Å². The Bertz CT molecular complexity index is 377. The molecular formula is C10H11NO2. The van der Waals surface area contributed by atoms with Gasteiger partial charge in [0.1, 0.15) is 0 Å². The van der Waals surface area contributed by atoms with Gasteiger partial charge in [0.25, 0.3) is 5.56 Å². The molecule has 0 unspecified atom stereocenters. The van der Waals surface area contributed by atoms with Crippen LogP contribution >= 0.6 is 0 Å². The molecule has 13 heavy (non-hydrogen) atoms. The summed E-state index contributed by atoms with van der Waals surface area (Å²) in [5.41, 5.74) is 0.0903. The summed E-state index contributed by atoms with van der Waals surface area (Å²) in [6, 6.07) is 3.30. The van der Waals surface area contributed by atoms with Crippen LogP contribution in [0.2, 0.25) is 0 Å². The van der Waals surface area contributed by atoms with Gasteiger partial charge >= 0.3 is 0 Å². The maximum atomic E-state index is 11.5. The number of aromatic nitrogens is 1. The van der Waals surface area contributed by atoms with Crippen molar-refractivity contribution >= 4 is 6.29 Å². The molecule has 0 atom stereocenters. The second kappa shape index (κ2) is 3.17. The lowest BCUT2D eigenvalue weighted by atomic mass is 10.3. The molecule has 68 valence electrons. The monoisotopic (exact) mass is 177 g/mol. The molecule has 1 saturated carbocycles. The Morgan fingerprint density at radius 3 is 2.92 bits per heavy atom. The van der Waals surface area contributed by atoms with Crippen molar-refractivity contribution < 1.29 is 4.79 Å². The van der Waals surface area contributed by atoms with E-state index in [2.05, 4.69) is 0 Å². The fourth-order valence-electron chi connectivity index (χ4n) is 1.37. The molecule has 1 heterocycles. The maximum absolute atomic E-state index is 11.5. The SMILES string of the molecule is O=Cc1cccn(CC2CC2)c1=O. The Balaban J connectivity index is 2.33. The Morgan fingerprint density at radius 2 is 2.31 bits per heavy atom. The number of carbonyl (C=O) groups excluding carboxylic acids is 1. The second-order valence-corrected chi connectivity index (χ2v) is 3.48. The van der Waals surface area contributed by atoms with E-state index in [0.717, 1.165) is 6.54 Å². The molecule has 0 spiro atoms. The van der Waals surface area contributed by atoms with Crippen LogP contribution in [0, 0.1) is 5.92 Å². The zero-order valence-corrected chi connectivity index (χ0v) is 7.27. The van der Waals surface area contributed by atoms with Gasteiger partial charge < -0.3 is 4.57 Å². The van der Waals surface area contributed by atoms with Crippen LogP contribution in [0.15, 0.2) is 23.1 Å². The highest BCUT2D eigenvalue weighted by Gasteiger charge is 2.22. The highest BCUT2D eigenvalue weighted by atomic mass is 16.1. The maximum Gasteiger partial charge on any atom is 0.261 e. The summed E-state index contributed by atoms with van der Waals surface area (Å²) in [6.07, 6.45) is 4.77. The van der Waals surface area contributed by atoms with Crippen LogP contribution < -0.4 is 5.56 Å². The van der Waals surface area contributed by atoms with E-state index in [9.17, 15) is 9.59 Å². The molecule has 1 aliphatic carbocycles. The average Bonchev–Trinajstić information content (AvgIpc) is 2.92. The second-order valence-electron chi connectivity index (χ2n) is 3.48. The van der Waals surface area contributed by atoms with E-state index >= 15 is 0 Å². The number of carbonyl (C=O) groups is 1. The lowest BCUT2D eigenvalue weighted by Crippen LogP contribution is -2.23. The van der Waals surface area contributed by atoms with E-state index in [4.69, 9.17) is 0 Å². The third kappa shape index (κ3) is 1.69. The van der Waals surface area contributed by atoms with Crippen molar-refractivity contribution in [3.8, 4) is 0 Å². The third-order valence-electron chi connectivity index (χ3n) is 2.33. The van der Waals surface area contributed by atoms with E-state index in [0.29, 0.717) is 12.2 Å². The summed E-state index contributed by atoms with van der Waals surface area (Å²) in [7, 11) is 0. The van der Waals surface area contributed by atoms with Crippen LogP contribution in [0.4, 0.5) is 0 Å². The number of pyridine rings is 1. The Labute approximate surface area is 76.0 Å². The predicted octanol–water partition coefficient (Wildman–Crippen LogP) is 1.07. The molecule has 0 aromatic carbocycles. The number of nitrogens with zero attached hydrogens (tertiary/aromatic N) is 1. The Kier molecular flexibility index (Phi) is 2.00. The van der Waals surface area contributed by atoms with Gasteiger partial charge in [-0.3, -0.25) is 9.59 Å². The number of aldehydes is 1.